The Morgan fingerprint density at radius 2 is 1.64 bits per heavy atom. The summed E-state index contributed by atoms with van der Waals surface area (Å²) in [6.45, 7) is 0.121. The van der Waals surface area contributed by atoms with E-state index in [9.17, 15) is 13.2 Å². The van der Waals surface area contributed by atoms with Gasteiger partial charge in [-0.2, -0.15) is 4.98 Å². The van der Waals surface area contributed by atoms with E-state index in [1.807, 2.05) is 0 Å². The number of methoxy groups -OCH3 is 1. The normalized spacial score (nSPS) is 10.8. The molecule has 13 nitrogen and oxygen atoms in total. The lowest BCUT2D eigenvalue weighted by atomic mass is 10.3. The molecule has 1 amide bonds. The first-order chi connectivity index (χ1) is 20.4. The maximum absolute atomic E-state index is 13.2. The van der Waals surface area contributed by atoms with Crippen LogP contribution in [0.1, 0.15) is 0 Å². The molecule has 2 aromatic carbocycles. The summed E-state index contributed by atoms with van der Waals surface area (Å²) in [5.74, 6) is 1.02. The highest BCUT2D eigenvalue weighted by atomic mass is 79.9. The second kappa shape index (κ2) is 14.8. The molecule has 2 heterocycles. The molecule has 42 heavy (non-hydrogen) atoms. The summed E-state index contributed by atoms with van der Waals surface area (Å²) in [6, 6.07) is 17.7. The SMILES string of the molecule is COc1ccccc1Oc1c(NS(=O)(=O)c2ccc(OCCBr)cc2)ncnc1OCCOC(=O)Nc1ccccn1. The second-order valence-corrected chi connectivity index (χ2v) is 10.5. The number of halogens is 1. The van der Waals surface area contributed by atoms with Crippen LogP contribution in [-0.4, -0.2) is 61.7 Å². The number of benzene rings is 2. The molecular weight excluding hydrogens is 634 g/mol. The molecule has 0 aliphatic rings. The first-order valence-corrected chi connectivity index (χ1v) is 14.9. The van der Waals surface area contributed by atoms with E-state index in [1.54, 1.807) is 54.6 Å². The van der Waals surface area contributed by atoms with Crippen LogP contribution in [0.5, 0.6) is 28.9 Å². The van der Waals surface area contributed by atoms with E-state index >= 15 is 0 Å². The number of rotatable bonds is 14. The molecule has 15 heteroatoms. The molecule has 0 aliphatic heterocycles. The number of pyridine rings is 1. The lowest BCUT2D eigenvalue weighted by Gasteiger charge is -2.17. The largest absolute Gasteiger partial charge is 0.493 e. The van der Waals surface area contributed by atoms with Gasteiger partial charge in [-0.1, -0.05) is 34.1 Å². The Balaban J connectivity index is 1.52. The minimum Gasteiger partial charge on any atom is -0.493 e. The molecule has 2 N–H and O–H groups in total. The molecule has 0 bridgehead atoms. The second-order valence-electron chi connectivity index (χ2n) is 8.05. The fourth-order valence-electron chi connectivity index (χ4n) is 3.35. The summed E-state index contributed by atoms with van der Waals surface area (Å²) in [7, 11) is -2.66. The van der Waals surface area contributed by atoms with Gasteiger partial charge in [0.2, 0.25) is 5.75 Å². The minimum absolute atomic E-state index is 0.0367. The van der Waals surface area contributed by atoms with Gasteiger partial charge in [-0.25, -0.2) is 23.2 Å². The summed E-state index contributed by atoms with van der Waals surface area (Å²) in [5, 5.41) is 3.11. The lowest BCUT2D eigenvalue weighted by molar-refractivity contribution is 0.135. The van der Waals surface area contributed by atoms with Gasteiger partial charge in [-0.05, 0) is 48.5 Å². The molecule has 4 rings (SSSR count). The van der Waals surface area contributed by atoms with Gasteiger partial charge >= 0.3 is 6.09 Å². The quantitative estimate of drug-likeness (QED) is 0.140. The third-order valence-electron chi connectivity index (χ3n) is 5.21. The summed E-state index contributed by atoms with van der Waals surface area (Å²) in [4.78, 5) is 24.2. The number of nitrogens with zero attached hydrogens (tertiary/aromatic N) is 3. The number of hydrogen-bond donors (Lipinski definition) is 2. The Hall–Kier alpha value is -4.63. The van der Waals surface area contributed by atoms with E-state index in [1.165, 1.54) is 25.4 Å². The van der Waals surface area contributed by atoms with Gasteiger partial charge in [0.15, 0.2) is 17.3 Å². The number of alkyl halides is 1. The highest BCUT2D eigenvalue weighted by Gasteiger charge is 2.23. The number of amides is 1. The van der Waals surface area contributed by atoms with E-state index in [0.717, 1.165) is 6.33 Å². The van der Waals surface area contributed by atoms with Gasteiger partial charge < -0.3 is 23.7 Å². The average Bonchev–Trinajstić information content (AvgIpc) is 3.00. The Morgan fingerprint density at radius 1 is 0.881 bits per heavy atom. The number of ether oxygens (including phenoxy) is 5. The van der Waals surface area contributed by atoms with E-state index in [4.69, 9.17) is 23.7 Å². The molecule has 0 saturated heterocycles. The van der Waals surface area contributed by atoms with Crippen molar-refractivity contribution in [3.63, 3.8) is 0 Å². The average molecular weight is 661 g/mol. The summed E-state index contributed by atoms with van der Waals surface area (Å²) < 4.78 is 56.6. The Bertz CT molecular complexity index is 1580. The summed E-state index contributed by atoms with van der Waals surface area (Å²) in [6.07, 6.45) is 1.90. The Kier molecular flexibility index (Phi) is 10.7. The van der Waals surface area contributed by atoms with Crippen LogP contribution in [0.3, 0.4) is 0 Å². The predicted octanol–water partition coefficient (Wildman–Crippen LogP) is 4.87. The minimum atomic E-state index is -4.12. The van der Waals surface area contributed by atoms with Crippen molar-refractivity contribution in [1.29, 1.82) is 0 Å². The number of hydrogen-bond acceptors (Lipinski definition) is 11. The third-order valence-corrected chi connectivity index (χ3v) is 6.89. The molecular formula is C27H26BrN5O8S. The van der Waals surface area contributed by atoms with Crippen molar-refractivity contribution in [3.05, 3.63) is 79.3 Å². The fourth-order valence-corrected chi connectivity index (χ4v) is 4.52. The van der Waals surface area contributed by atoms with Crippen LogP contribution < -0.4 is 29.0 Å². The molecule has 0 aliphatic carbocycles. The molecule has 0 fully saturated rings. The number of sulfonamides is 1. The van der Waals surface area contributed by atoms with Crippen molar-refractivity contribution in [1.82, 2.24) is 15.0 Å². The van der Waals surface area contributed by atoms with Crippen LogP contribution in [0.15, 0.2) is 84.1 Å². The Labute approximate surface area is 250 Å². The summed E-state index contributed by atoms with van der Waals surface area (Å²) in [5.41, 5.74) is 0. The Morgan fingerprint density at radius 3 is 2.36 bits per heavy atom. The molecule has 0 atom stereocenters. The molecule has 0 radical (unpaired) electrons. The van der Waals surface area contributed by atoms with Crippen LogP contribution in [-0.2, 0) is 14.8 Å². The van der Waals surface area contributed by atoms with Gasteiger partial charge in [0.1, 0.15) is 31.1 Å². The number of carbonyl (C=O) groups excluding carboxylic acids is 1. The van der Waals surface area contributed by atoms with Gasteiger partial charge in [0.05, 0.1) is 18.6 Å². The van der Waals surface area contributed by atoms with Crippen LogP contribution in [0, 0.1) is 0 Å². The number of para-hydroxylation sites is 2. The zero-order valence-electron chi connectivity index (χ0n) is 22.2. The fraction of sp³-hybridized carbons (Fsp3) is 0.185. The molecule has 4 aromatic rings. The van der Waals surface area contributed by atoms with Crippen molar-refractivity contribution in [2.24, 2.45) is 0 Å². The van der Waals surface area contributed by atoms with Crippen molar-refractivity contribution in [3.8, 4) is 28.9 Å². The van der Waals surface area contributed by atoms with Crippen LogP contribution >= 0.6 is 15.9 Å². The van der Waals surface area contributed by atoms with Gasteiger partial charge in [-0.3, -0.25) is 10.0 Å². The maximum Gasteiger partial charge on any atom is 0.412 e. The highest BCUT2D eigenvalue weighted by molar-refractivity contribution is 9.09. The smallest absolute Gasteiger partial charge is 0.412 e. The third kappa shape index (κ3) is 8.44. The first kappa shape index (κ1) is 30.3. The van der Waals surface area contributed by atoms with E-state index < -0.39 is 16.1 Å². The number of anilines is 2. The van der Waals surface area contributed by atoms with E-state index in [2.05, 4.69) is 40.9 Å². The van der Waals surface area contributed by atoms with E-state index in [-0.39, 0.29) is 41.3 Å². The highest BCUT2D eigenvalue weighted by Crippen LogP contribution is 2.39. The van der Waals surface area contributed by atoms with Crippen LogP contribution in [0.2, 0.25) is 0 Å². The standard InChI is InChI=1S/C27H26BrN5O8S/c1-37-21-6-2-3-7-22(21)41-24-25(33-42(35,36)20-11-9-19(10-12-20)38-15-13-28)30-18-31-26(24)39-16-17-40-27(34)32-23-8-4-5-14-29-23/h2-12,14,18H,13,15-17H2,1H3,(H,29,32,34)(H,30,31,33). The molecule has 220 valence electrons. The van der Waals surface area contributed by atoms with Crippen LogP contribution in [0.4, 0.5) is 16.4 Å². The number of aromatic nitrogens is 3. The number of nitrogens with one attached hydrogen (secondary N) is 2. The molecule has 2 aromatic heterocycles. The molecule has 0 spiro atoms. The van der Waals surface area contributed by atoms with E-state index in [0.29, 0.717) is 29.3 Å². The van der Waals surface area contributed by atoms with Crippen LogP contribution in [0.25, 0.3) is 0 Å². The zero-order chi connectivity index (χ0) is 29.8. The van der Waals surface area contributed by atoms with Gasteiger partial charge in [0, 0.05) is 11.5 Å². The summed E-state index contributed by atoms with van der Waals surface area (Å²) >= 11 is 3.27. The van der Waals surface area contributed by atoms with Gasteiger partial charge in [-0.15, -0.1) is 0 Å². The van der Waals surface area contributed by atoms with Crippen molar-refractivity contribution < 1.29 is 36.9 Å². The molecule has 0 unspecified atom stereocenters. The topological polar surface area (TPSA) is 160 Å². The van der Waals surface area contributed by atoms with Gasteiger partial charge in [0.25, 0.3) is 15.9 Å². The first-order valence-electron chi connectivity index (χ1n) is 12.3. The van der Waals surface area contributed by atoms with Crippen molar-refractivity contribution >= 4 is 43.7 Å². The monoisotopic (exact) mass is 659 g/mol. The molecule has 0 saturated carbocycles. The van der Waals surface area contributed by atoms with Crippen molar-refractivity contribution in [2.45, 2.75) is 4.90 Å². The lowest BCUT2D eigenvalue weighted by Crippen LogP contribution is -2.19. The number of carbonyl (C=O) groups is 1. The maximum atomic E-state index is 13.2. The zero-order valence-corrected chi connectivity index (χ0v) is 24.6. The van der Waals surface area contributed by atoms with Crippen molar-refractivity contribution in [2.75, 3.05) is 42.3 Å². The predicted molar refractivity (Wildman–Crippen MR) is 156 cm³/mol.